The highest BCUT2D eigenvalue weighted by molar-refractivity contribution is 7.99. The molecule has 0 saturated heterocycles. The molecule has 144 valence electrons. The van der Waals surface area contributed by atoms with Gasteiger partial charge in [0.25, 0.3) is 0 Å². The lowest BCUT2D eigenvalue weighted by Gasteiger charge is -2.07. The Morgan fingerprint density at radius 3 is 2.50 bits per heavy atom. The fourth-order valence-corrected chi connectivity index (χ4v) is 3.26. The number of aromatic nitrogens is 2. The highest BCUT2D eigenvalue weighted by Gasteiger charge is 2.04. The predicted molar refractivity (Wildman–Crippen MR) is 108 cm³/mol. The number of ether oxygens (including phenoxy) is 1. The van der Waals surface area contributed by atoms with E-state index >= 15 is 0 Å². The molecular weight excluding hydrogens is 377 g/mol. The van der Waals surface area contributed by atoms with Crippen molar-refractivity contribution in [2.75, 3.05) is 18.9 Å². The van der Waals surface area contributed by atoms with Gasteiger partial charge in [-0.1, -0.05) is 18.2 Å². The van der Waals surface area contributed by atoms with E-state index in [1.165, 1.54) is 12.1 Å². The summed E-state index contributed by atoms with van der Waals surface area (Å²) in [5.74, 6) is 0.800. The van der Waals surface area contributed by atoms with E-state index in [2.05, 4.69) is 15.5 Å². The predicted octanol–water partition coefficient (Wildman–Crippen LogP) is 3.96. The summed E-state index contributed by atoms with van der Waals surface area (Å²) >= 11 is 1.65. The van der Waals surface area contributed by atoms with Gasteiger partial charge in [-0.25, -0.2) is 4.39 Å². The summed E-state index contributed by atoms with van der Waals surface area (Å²) in [7, 11) is 0. The molecule has 0 fully saturated rings. The van der Waals surface area contributed by atoms with Crippen molar-refractivity contribution in [3.63, 3.8) is 0 Å². The molecular formula is C21H20FN3O2S. The summed E-state index contributed by atoms with van der Waals surface area (Å²) in [6, 6.07) is 19.5. The van der Waals surface area contributed by atoms with Crippen LogP contribution in [0.2, 0.25) is 0 Å². The summed E-state index contributed by atoms with van der Waals surface area (Å²) in [5.41, 5.74) is 1.41. The third-order valence-corrected chi connectivity index (χ3v) is 4.81. The molecule has 0 saturated carbocycles. The number of carbonyl (C=O) groups excluding carboxylic acids is 1. The largest absolute Gasteiger partial charge is 0.475 e. The summed E-state index contributed by atoms with van der Waals surface area (Å²) in [4.78, 5) is 13.0. The molecule has 0 radical (unpaired) electrons. The van der Waals surface area contributed by atoms with Gasteiger partial charge in [0.15, 0.2) is 0 Å². The van der Waals surface area contributed by atoms with Crippen molar-refractivity contribution in [1.29, 1.82) is 0 Å². The Hall–Kier alpha value is -2.93. The van der Waals surface area contributed by atoms with Crippen LogP contribution in [0.25, 0.3) is 11.3 Å². The second-order valence-corrected chi connectivity index (χ2v) is 7.04. The molecule has 0 aliphatic rings. The van der Waals surface area contributed by atoms with Crippen LogP contribution in [0.3, 0.4) is 0 Å². The summed E-state index contributed by atoms with van der Waals surface area (Å²) in [6.45, 7) is 0.707. The number of rotatable bonds is 9. The molecule has 0 atom stereocenters. The number of hydrogen-bond donors (Lipinski definition) is 1. The van der Waals surface area contributed by atoms with Gasteiger partial charge in [-0.15, -0.1) is 22.0 Å². The Morgan fingerprint density at radius 2 is 1.79 bits per heavy atom. The van der Waals surface area contributed by atoms with Crippen LogP contribution in [0.1, 0.15) is 6.42 Å². The highest BCUT2D eigenvalue weighted by atomic mass is 32.2. The zero-order valence-electron chi connectivity index (χ0n) is 15.2. The first kappa shape index (κ1) is 19.8. The van der Waals surface area contributed by atoms with Crippen LogP contribution in [0.5, 0.6) is 5.88 Å². The summed E-state index contributed by atoms with van der Waals surface area (Å²) < 4.78 is 18.4. The van der Waals surface area contributed by atoms with E-state index in [1.807, 2.05) is 30.3 Å². The van der Waals surface area contributed by atoms with Crippen molar-refractivity contribution in [3.8, 4) is 17.1 Å². The van der Waals surface area contributed by atoms with Gasteiger partial charge in [-0.05, 0) is 42.5 Å². The molecule has 28 heavy (non-hydrogen) atoms. The quantitative estimate of drug-likeness (QED) is 0.437. The molecule has 1 aromatic heterocycles. The molecule has 1 N–H and O–H groups in total. The van der Waals surface area contributed by atoms with E-state index < -0.39 is 0 Å². The number of amides is 1. The fourth-order valence-electron chi connectivity index (χ4n) is 2.38. The molecule has 0 aliphatic carbocycles. The van der Waals surface area contributed by atoms with Crippen molar-refractivity contribution in [2.24, 2.45) is 0 Å². The maximum absolute atomic E-state index is 13.0. The molecule has 1 heterocycles. The molecule has 0 spiro atoms. The van der Waals surface area contributed by atoms with Crippen molar-refractivity contribution in [3.05, 3.63) is 72.5 Å². The number of hydrogen-bond acceptors (Lipinski definition) is 5. The monoisotopic (exact) mass is 397 g/mol. The minimum Gasteiger partial charge on any atom is -0.475 e. The summed E-state index contributed by atoms with van der Waals surface area (Å²) in [5, 5.41) is 10.9. The van der Waals surface area contributed by atoms with E-state index in [9.17, 15) is 9.18 Å². The SMILES string of the molecule is O=C(CCSc1ccccc1)NCCOc1ccc(-c2ccc(F)cc2)nn1. The lowest BCUT2D eigenvalue weighted by atomic mass is 10.1. The Labute approximate surface area is 167 Å². The summed E-state index contributed by atoms with van der Waals surface area (Å²) in [6.07, 6.45) is 0.450. The van der Waals surface area contributed by atoms with E-state index in [0.29, 0.717) is 31.1 Å². The van der Waals surface area contributed by atoms with Crippen LogP contribution < -0.4 is 10.1 Å². The molecule has 0 unspecified atom stereocenters. The van der Waals surface area contributed by atoms with Crippen molar-refractivity contribution in [2.45, 2.75) is 11.3 Å². The molecule has 0 bridgehead atoms. The van der Waals surface area contributed by atoms with Gasteiger partial charge in [0.05, 0.1) is 12.2 Å². The van der Waals surface area contributed by atoms with Gasteiger partial charge < -0.3 is 10.1 Å². The Balaban J connectivity index is 1.33. The van der Waals surface area contributed by atoms with E-state index in [1.54, 1.807) is 36.0 Å². The highest BCUT2D eigenvalue weighted by Crippen LogP contribution is 2.18. The molecule has 5 nitrogen and oxygen atoms in total. The molecule has 3 rings (SSSR count). The molecule has 1 amide bonds. The van der Waals surface area contributed by atoms with Gasteiger partial charge in [-0.2, -0.15) is 0 Å². The van der Waals surface area contributed by atoms with Gasteiger partial charge in [0.2, 0.25) is 11.8 Å². The maximum Gasteiger partial charge on any atom is 0.233 e. The number of nitrogens with zero attached hydrogens (tertiary/aromatic N) is 2. The van der Waals surface area contributed by atoms with E-state index in [-0.39, 0.29) is 11.7 Å². The number of carbonyl (C=O) groups is 1. The minimum absolute atomic E-state index is 0.00947. The first-order valence-corrected chi connectivity index (χ1v) is 9.86. The van der Waals surface area contributed by atoms with E-state index in [4.69, 9.17) is 4.74 Å². The molecule has 2 aromatic carbocycles. The smallest absolute Gasteiger partial charge is 0.233 e. The maximum atomic E-state index is 13.0. The zero-order chi connectivity index (χ0) is 19.6. The normalized spacial score (nSPS) is 10.5. The lowest BCUT2D eigenvalue weighted by molar-refractivity contribution is -0.120. The first-order chi connectivity index (χ1) is 13.7. The molecule has 7 heteroatoms. The van der Waals surface area contributed by atoms with Crippen LogP contribution in [-0.2, 0) is 4.79 Å². The zero-order valence-corrected chi connectivity index (χ0v) is 16.0. The van der Waals surface area contributed by atoms with Crippen molar-refractivity contribution < 1.29 is 13.9 Å². The Bertz CT molecular complexity index is 874. The lowest BCUT2D eigenvalue weighted by Crippen LogP contribution is -2.28. The first-order valence-electron chi connectivity index (χ1n) is 8.88. The van der Waals surface area contributed by atoms with Crippen LogP contribution in [0.4, 0.5) is 4.39 Å². The number of halogens is 1. The van der Waals surface area contributed by atoms with Crippen LogP contribution in [-0.4, -0.2) is 35.0 Å². The Morgan fingerprint density at radius 1 is 1.00 bits per heavy atom. The molecule has 3 aromatic rings. The Kier molecular flexibility index (Phi) is 7.37. The van der Waals surface area contributed by atoms with Gasteiger partial charge in [-0.3, -0.25) is 4.79 Å². The minimum atomic E-state index is -0.294. The third kappa shape index (κ3) is 6.35. The van der Waals surface area contributed by atoms with Gasteiger partial charge in [0, 0.05) is 28.7 Å². The topological polar surface area (TPSA) is 64.1 Å². The van der Waals surface area contributed by atoms with Crippen molar-refractivity contribution in [1.82, 2.24) is 15.5 Å². The van der Waals surface area contributed by atoms with E-state index in [0.717, 1.165) is 16.2 Å². The number of benzene rings is 2. The van der Waals surface area contributed by atoms with Gasteiger partial charge in [0.1, 0.15) is 12.4 Å². The molecule has 0 aliphatic heterocycles. The van der Waals surface area contributed by atoms with Crippen LogP contribution >= 0.6 is 11.8 Å². The fraction of sp³-hybridized carbons (Fsp3) is 0.190. The van der Waals surface area contributed by atoms with Crippen LogP contribution in [0, 0.1) is 5.82 Å². The van der Waals surface area contributed by atoms with Crippen molar-refractivity contribution >= 4 is 17.7 Å². The van der Waals surface area contributed by atoms with Crippen LogP contribution in [0.15, 0.2) is 71.6 Å². The average Bonchev–Trinajstić information content (AvgIpc) is 2.73. The van der Waals surface area contributed by atoms with Gasteiger partial charge >= 0.3 is 0 Å². The average molecular weight is 397 g/mol. The standard InChI is InChI=1S/C21H20FN3O2S/c22-17-8-6-16(7-9-17)19-10-11-21(25-24-19)27-14-13-23-20(26)12-15-28-18-4-2-1-3-5-18/h1-11H,12-15H2,(H,23,26). The second-order valence-electron chi connectivity index (χ2n) is 5.87. The second kappa shape index (κ2) is 10.4. The number of thioether (sulfide) groups is 1. The third-order valence-electron chi connectivity index (χ3n) is 3.80. The number of nitrogens with one attached hydrogen (secondary N) is 1.